The SMILES string of the molecule is C[C@@H]1CC2(C[C@H]1CO)OCCO2. The van der Waals surface area contributed by atoms with E-state index in [9.17, 15) is 0 Å². The van der Waals surface area contributed by atoms with Crippen LogP contribution in [0.15, 0.2) is 0 Å². The minimum absolute atomic E-state index is 0.260. The van der Waals surface area contributed by atoms with Gasteiger partial charge in [0.05, 0.1) is 13.2 Å². The predicted molar refractivity (Wildman–Crippen MR) is 43.6 cm³/mol. The lowest BCUT2D eigenvalue weighted by molar-refractivity contribution is -0.154. The Morgan fingerprint density at radius 1 is 1.33 bits per heavy atom. The van der Waals surface area contributed by atoms with Gasteiger partial charge in [-0.1, -0.05) is 6.92 Å². The first-order valence-corrected chi connectivity index (χ1v) is 4.64. The van der Waals surface area contributed by atoms with E-state index in [0.29, 0.717) is 25.0 Å². The molecule has 1 spiro atoms. The summed E-state index contributed by atoms with van der Waals surface area (Å²) in [4.78, 5) is 0. The van der Waals surface area contributed by atoms with Crippen molar-refractivity contribution in [2.75, 3.05) is 19.8 Å². The molecule has 0 amide bonds. The zero-order valence-corrected chi connectivity index (χ0v) is 7.45. The molecule has 0 aromatic rings. The van der Waals surface area contributed by atoms with Crippen molar-refractivity contribution < 1.29 is 14.6 Å². The highest BCUT2D eigenvalue weighted by Gasteiger charge is 2.47. The Hall–Kier alpha value is -0.120. The van der Waals surface area contributed by atoms with Gasteiger partial charge in [-0.3, -0.25) is 0 Å². The molecule has 1 aliphatic heterocycles. The highest BCUT2D eigenvalue weighted by molar-refractivity contribution is 4.89. The van der Waals surface area contributed by atoms with Gasteiger partial charge >= 0.3 is 0 Å². The molecule has 0 radical (unpaired) electrons. The maximum Gasteiger partial charge on any atom is 0.169 e. The second-order valence-corrected chi connectivity index (χ2v) is 3.94. The van der Waals surface area contributed by atoms with E-state index < -0.39 is 0 Å². The lowest BCUT2D eigenvalue weighted by atomic mass is 10.00. The number of ether oxygens (including phenoxy) is 2. The van der Waals surface area contributed by atoms with Gasteiger partial charge in [-0.15, -0.1) is 0 Å². The molecule has 3 heteroatoms. The minimum atomic E-state index is -0.327. The minimum Gasteiger partial charge on any atom is -0.396 e. The first-order valence-electron chi connectivity index (χ1n) is 4.64. The van der Waals surface area contributed by atoms with E-state index in [-0.39, 0.29) is 12.4 Å². The van der Waals surface area contributed by atoms with E-state index in [1.54, 1.807) is 0 Å². The summed E-state index contributed by atoms with van der Waals surface area (Å²) >= 11 is 0. The van der Waals surface area contributed by atoms with Gasteiger partial charge < -0.3 is 14.6 Å². The first kappa shape index (κ1) is 8.48. The standard InChI is InChI=1S/C9H16O3/c1-7-4-9(5-8(7)6-10)11-2-3-12-9/h7-8,10H,2-6H2,1H3/t7-,8+/m1/s1. The van der Waals surface area contributed by atoms with Crippen molar-refractivity contribution in [3.63, 3.8) is 0 Å². The molecule has 2 aliphatic rings. The molecule has 1 saturated heterocycles. The molecule has 2 rings (SSSR count). The van der Waals surface area contributed by atoms with Gasteiger partial charge in [0.15, 0.2) is 5.79 Å². The molecule has 1 heterocycles. The molecule has 3 nitrogen and oxygen atoms in total. The highest BCUT2D eigenvalue weighted by atomic mass is 16.7. The Kier molecular flexibility index (Phi) is 2.10. The monoisotopic (exact) mass is 172 g/mol. The van der Waals surface area contributed by atoms with Crippen LogP contribution in [0, 0.1) is 11.8 Å². The second-order valence-electron chi connectivity index (χ2n) is 3.94. The molecule has 12 heavy (non-hydrogen) atoms. The molecule has 0 aromatic heterocycles. The van der Waals surface area contributed by atoms with E-state index in [4.69, 9.17) is 14.6 Å². The summed E-state index contributed by atoms with van der Waals surface area (Å²) in [6.45, 7) is 3.84. The van der Waals surface area contributed by atoms with Crippen molar-refractivity contribution in [3.8, 4) is 0 Å². The van der Waals surface area contributed by atoms with Crippen LogP contribution in [-0.2, 0) is 9.47 Å². The molecular weight excluding hydrogens is 156 g/mol. The predicted octanol–water partition coefficient (Wildman–Crippen LogP) is 0.768. The molecule has 2 fully saturated rings. The third-order valence-corrected chi connectivity index (χ3v) is 3.06. The Balaban J connectivity index is 2.03. The highest BCUT2D eigenvalue weighted by Crippen LogP contribution is 2.43. The number of aliphatic hydroxyl groups is 1. The Morgan fingerprint density at radius 3 is 2.50 bits per heavy atom. The fourth-order valence-electron chi connectivity index (χ4n) is 2.32. The molecule has 1 saturated carbocycles. The smallest absolute Gasteiger partial charge is 0.169 e. The van der Waals surface area contributed by atoms with Gasteiger partial charge in [0.25, 0.3) is 0 Å². The normalized spacial score (nSPS) is 39.5. The van der Waals surface area contributed by atoms with E-state index in [2.05, 4.69) is 6.92 Å². The summed E-state index contributed by atoms with van der Waals surface area (Å²) < 4.78 is 11.1. The Labute approximate surface area is 72.7 Å². The van der Waals surface area contributed by atoms with Crippen LogP contribution < -0.4 is 0 Å². The molecule has 2 atom stereocenters. The largest absolute Gasteiger partial charge is 0.396 e. The van der Waals surface area contributed by atoms with E-state index >= 15 is 0 Å². The van der Waals surface area contributed by atoms with Gasteiger partial charge in [-0.05, 0) is 11.8 Å². The summed E-state index contributed by atoms with van der Waals surface area (Å²) in [5, 5.41) is 9.07. The number of aliphatic hydroxyl groups excluding tert-OH is 1. The lowest BCUT2D eigenvalue weighted by Crippen LogP contribution is -2.26. The number of rotatable bonds is 1. The lowest BCUT2D eigenvalue weighted by Gasteiger charge is -2.21. The van der Waals surface area contributed by atoms with E-state index in [1.165, 1.54) is 0 Å². The van der Waals surface area contributed by atoms with Gasteiger partial charge in [-0.25, -0.2) is 0 Å². The molecule has 0 unspecified atom stereocenters. The summed E-state index contributed by atoms with van der Waals surface area (Å²) in [5.41, 5.74) is 0. The topological polar surface area (TPSA) is 38.7 Å². The fourth-order valence-corrected chi connectivity index (χ4v) is 2.32. The van der Waals surface area contributed by atoms with Crippen LogP contribution in [0.3, 0.4) is 0 Å². The van der Waals surface area contributed by atoms with Crippen LogP contribution in [-0.4, -0.2) is 30.7 Å². The average molecular weight is 172 g/mol. The average Bonchev–Trinajstić information content (AvgIpc) is 2.60. The van der Waals surface area contributed by atoms with Crippen LogP contribution in [0.1, 0.15) is 19.8 Å². The Bertz CT molecular complexity index is 163. The van der Waals surface area contributed by atoms with Crippen molar-refractivity contribution in [1.82, 2.24) is 0 Å². The van der Waals surface area contributed by atoms with Crippen LogP contribution in [0.4, 0.5) is 0 Å². The molecule has 0 bridgehead atoms. The van der Waals surface area contributed by atoms with Gasteiger partial charge in [0.1, 0.15) is 0 Å². The van der Waals surface area contributed by atoms with Crippen molar-refractivity contribution >= 4 is 0 Å². The van der Waals surface area contributed by atoms with Gasteiger partial charge in [-0.2, -0.15) is 0 Å². The van der Waals surface area contributed by atoms with E-state index in [0.717, 1.165) is 12.8 Å². The maximum atomic E-state index is 9.07. The Morgan fingerprint density at radius 2 is 2.00 bits per heavy atom. The molecule has 70 valence electrons. The van der Waals surface area contributed by atoms with E-state index in [1.807, 2.05) is 0 Å². The molecule has 1 aliphatic carbocycles. The van der Waals surface area contributed by atoms with Crippen LogP contribution in [0.5, 0.6) is 0 Å². The summed E-state index contributed by atoms with van der Waals surface area (Å²) in [6, 6.07) is 0. The van der Waals surface area contributed by atoms with Gasteiger partial charge in [0, 0.05) is 19.4 Å². The van der Waals surface area contributed by atoms with Crippen molar-refractivity contribution in [2.45, 2.75) is 25.6 Å². The first-order chi connectivity index (χ1) is 5.76. The zero-order chi connectivity index (χ0) is 8.60. The quantitative estimate of drug-likeness (QED) is 0.635. The van der Waals surface area contributed by atoms with Gasteiger partial charge in [0.2, 0.25) is 0 Å². The maximum absolute atomic E-state index is 9.07. The summed E-state index contributed by atoms with van der Waals surface area (Å²) in [6.07, 6.45) is 1.81. The van der Waals surface area contributed by atoms with Crippen LogP contribution >= 0.6 is 0 Å². The third-order valence-electron chi connectivity index (χ3n) is 3.06. The third kappa shape index (κ3) is 1.26. The summed E-state index contributed by atoms with van der Waals surface area (Å²) in [5.74, 6) is 0.559. The second kappa shape index (κ2) is 2.98. The molecule has 1 N–H and O–H groups in total. The van der Waals surface area contributed by atoms with Crippen molar-refractivity contribution in [3.05, 3.63) is 0 Å². The zero-order valence-electron chi connectivity index (χ0n) is 7.45. The molecular formula is C9H16O3. The number of hydrogen-bond donors (Lipinski definition) is 1. The summed E-state index contributed by atoms with van der Waals surface area (Å²) in [7, 11) is 0. The van der Waals surface area contributed by atoms with Crippen molar-refractivity contribution in [1.29, 1.82) is 0 Å². The van der Waals surface area contributed by atoms with Crippen molar-refractivity contribution in [2.24, 2.45) is 11.8 Å². The number of hydrogen-bond acceptors (Lipinski definition) is 3. The van der Waals surface area contributed by atoms with Crippen LogP contribution in [0.2, 0.25) is 0 Å². The van der Waals surface area contributed by atoms with Crippen LogP contribution in [0.25, 0.3) is 0 Å². The fraction of sp³-hybridized carbons (Fsp3) is 1.00. The molecule has 0 aromatic carbocycles.